The monoisotopic (exact) mass is 375 g/mol. The number of hydrogen-bond donors (Lipinski definition) is 1. The van der Waals surface area contributed by atoms with E-state index in [0.29, 0.717) is 11.3 Å². The van der Waals surface area contributed by atoms with E-state index in [2.05, 4.69) is 26.5 Å². The first-order valence-corrected chi connectivity index (χ1v) is 7.57. The first kappa shape index (κ1) is 16.8. The molecule has 0 aromatic heterocycles. The number of hydrazone groups is 1. The van der Waals surface area contributed by atoms with E-state index in [1.54, 1.807) is 19.1 Å². The van der Waals surface area contributed by atoms with Crippen LogP contribution < -0.4 is 5.43 Å². The molecule has 23 heavy (non-hydrogen) atoms. The minimum absolute atomic E-state index is 0.00215. The Morgan fingerprint density at radius 2 is 1.96 bits per heavy atom. The fraction of sp³-hybridized carbons (Fsp3) is 0.125. The summed E-state index contributed by atoms with van der Waals surface area (Å²) >= 11 is 3.38. The van der Waals surface area contributed by atoms with Crippen molar-refractivity contribution in [2.75, 3.05) is 0 Å². The minimum atomic E-state index is -0.477. The Labute approximate surface area is 141 Å². The van der Waals surface area contributed by atoms with Gasteiger partial charge in [0.2, 0.25) is 5.91 Å². The van der Waals surface area contributed by atoms with Crippen molar-refractivity contribution in [2.24, 2.45) is 5.10 Å². The summed E-state index contributed by atoms with van der Waals surface area (Å²) in [6, 6.07) is 13.5. The Morgan fingerprint density at radius 1 is 1.26 bits per heavy atom. The molecule has 1 amide bonds. The summed E-state index contributed by atoms with van der Waals surface area (Å²) in [5.41, 5.74) is 4.75. The average molecular weight is 376 g/mol. The molecule has 7 heteroatoms. The van der Waals surface area contributed by atoms with Gasteiger partial charge >= 0.3 is 0 Å². The van der Waals surface area contributed by atoms with E-state index in [0.717, 1.165) is 10.0 Å². The molecule has 0 radical (unpaired) electrons. The maximum absolute atomic E-state index is 11.9. The number of halogens is 1. The van der Waals surface area contributed by atoms with E-state index in [1.165, 1.54) is 12.1 Å². The normalized spacial score (nSPS) is 11.1. The molecule has 0 saturated carbocycles. The summed E-state index contributed by atoms with van der Waals surface area (Å²) in [6.45, 7) is 1.80. The Bertz CT molecular complexity index is 757. The molecule has 0 unspecified atom stereocenters. The number of carbonyl (C=O) groups is 1. The van der Waals surface area contributed by atoms with E-state index in [4.69, 9.17) is 0 Å². The van der Waals surface area contributed by atoms with Crippen molar-refractivity contribution >= 4 is 33.2 Å². The zero-order valence-corrected chi connectivity index (χ0v) is 13.9. The number of non-ortho nitro benzene ring substituents is 1. The van der Waals surface area contributed by atoms with Crippen LogP contribution in [0.1, 0.15) is 18.1 Å². The van der Waals surface area contributed by atoms with Crippen LogP contribution in [-0.4, -0.2) is 16.5 Å². The van der Waals surface area contributed by atoms with Crippen molar-refractivity contribution in [1.29, 1.82) is 0 Å². The number of amides is 1. The van der Waals surface area contributed by atoms with Gasteiger partial charge in [-0.1, -0.05) is 40.2 Å². The van der Waals surface area contributed by atoms with E-state index < -0.39 is 4.92 Å². The molecule has 2 aromatic carbocycles. The minimum Gasteiger partial charge on any atom is -0.273 e. The summed E-state index contributed by atoms with van der Waals surface area (Å²) in [5, 5.41) is 14.6. The molecule has 6 nitrogen and oxygen atoms in total. The highest BCUT2D eigenvalue weighted by Crippen LogP contribution is 2.13. The fourth-order valence-corrected chi connectivity index (χ4v) is 2.28. The smallest absolute Gasteiger partial charge is 0.269 e. The van der Waals surface area contributed by atoms with Crippen LogP contribution in [0.15, 0.2) is 58.1 Å². The molecule has 118 valence electrons. The van der Waals surface area contributed by atoms with E-state index >= 15 is 0 Å². The Kier molecular flexibility index (Phi) is 5.59. The van der Waals surface area contributed by atoms with Gasteiger partial charge in [-0.2, -0.15) is 5.10 Å². The van der Waals surface area contributed by atoms with E-state index in [1.807, 2.05) is 24.3 Å². The molecule has 0 bridgehead atoms. The Balaban J connectivity index is 1.96. The number of nitro benzene ring substituents is 1. The highest BCUT2D eigenvalue weighted by Gasteiger charge is 2.07. The number of nitrogens with one attached hydrogen (secondary N) is 1. The highest BCUT2D eigenvalue weighted by atomic mass is 79.9. The standard InChI is InChI=1S/C16H14BrN3O3/c1-11(13-3-2-4-14(17)10-13)18-19-16(21)9-12-5-7-15(8-6-12)20(22)23/h2-8,10H,9H2,1H3,(H,19,21)/b18-11+. The van der Waals surface area contributed by atoms with Crippen molar-refractivity contribution in [3.8, 4) is 0 Å². The van der Waals surface area contributed by atoms with Crippen molar-refractivity contribution < 1.29 is 9.72 Å². The first-order valence-electron chi connectivity index (χ1n) is 6.78. The third-order valence-corrected chi connectivity index (χ3v) is 3.60. The molecular weight excluding hydrogens is 362 g/mol. The van der Waals surface area contributed by atoms with Crippen LogP contribution in [-0.2, 0) is 11.2 Å². The van der Waals surface area contributed by atoms with Gasteiger partial charge in [-0.3, -0.25) is 14.9 Å². The Morgan fingerprint density at radius 3 is 2.57 bits per heavy atom. The lowest BCUT2D eigenvalue weighted by molar-refractivity contribution is -0.384. The van der Waals surface area contributed by atoms with Gasteiger partial charge in [0.05, 0.1) is 17.1 Å². The van der Waals surface area contributed by atoms with Crippen LogP contribution in [0.4, 0.5) is 5.69 Å². The van der Waals surface area contributed by atoms with Gasteiger partial charge in [0.15, 0.2) is 0 Å². The molecule has 0 aliphatic heterocycles. The summed E-state index contributed by atoms with van der Waals surface area (Å²) in [4.78, 5) is 22.0. The van der Waals surface area contributed by atoms with Gasteiger partial charge in [0.25, 0.3) is 5.69 Å². The molecule has 0 spiro atoms. The van der Waals surface area contributed by atoms with E-state index in [-0.39, 0.29) is 18.0 Å². The molecule has 0 saturated heterocycles. The van der Waals surface area contributed by atoms with Crippen LogP contribution in [0.2, 0.25) is 0 Å². The third kappa shape index (κ3) is 5.00. The largest absolute Gasteiger partial charge is 0.273 e. The molecule has 2 aromatic rings. The maximum Gasteiger partial charge on any atom is 0.269 e. The van der Waals surface area contributed by atoms with Gasteiger partial charge in [-0.05, 0) is 30.2 Å². The van der Waals surface area contributed by atoms with Crippen molar-refractivity contribution in [2.45, 2.75) is 13.3 Å². The van der Waals surface area contributed by atoms with Gasteiger partial charge in [0.1, 0.15) is 0 Å². The second-order valence-corrected chi connectivity index (χ2v) is 5.76. The maximum atomic E-state index is 11.9. The highest BCUT2D eigenvalue weighted by molar-refractivity contribution is 9.10. The van der Waals surface area contributed by atoms with Crippen molar-refractivity contribution in [1.82, 2.24) is 5.43 Å². The van der Waals surface area contributed by atoms with Gasteiger partial charge in [-0.25, -0.2) is 5.43 Å². The zero-order valence-electron chi connectivity index (χ0n) is 12.3. The lowest BCUT2D eigenvalue weighted by atomic mass is 10.1. The molecular formula is C16H14BrN3O3. The van der Waals surface area contributed by atoms with Crippen LogP contribution in [0.3, 0.4) is 0 Å². The van der Waals surface area contributed by atoms with Crippen LogP contribution >= 0.6 is 15.9 Å². The molecule has 2 rings (SSSR count). The topological polar surface area (TPSA) is 84.6 Å². The zero-order chi connectivity index (χ0) is 16.8. The van der Waals surface area contributed by atoms with E-state index in [9.17, 15) is 14.9 Å². The molecule has 0 aliphatic carbocycles. The quantitative estimate of drug-likeness (QED) is 0.493. The molecule has 0 aliphatic rings. The second-order valence-electron chi connectivity index (χ2n) is 4.84. The second kappa shape index (κ2) is 7.64. The van der Waals surface area contributed by atoms with Gasteiger partial charge in [0, 0.05) is 16.6 Å². The first-order chi connectivity index (χ1) is 11.0. The lowest BCUT2D eigenvalue weighted by Crippen LogP contribution is -2.21. The van der Waals surface area contributed by atoms with Gasteiger partial charge < -0.3 is 0 Å². The summed E-state index contributed by atoms with van der Waals surface area (Å²) in [7, 11) is 0. The number of rotatable bonds is 5. The summed E-state index contributed by atoms with van der Waals surface area (Å²) < 4.78 is 0.932. The number of nitro groups is 1. The molecule has 0 atom stereocenters. The average Bonchev–Trinajstić information content (AvgIpc) is 2.53. The SMILES string of the molecule is C/C(=N\NC(=O)Cc1ccc([N+](=O)[O-])cc1)c1cccc(Br)c1. The number of carbonyl (C=O) groups excluding carboxylic acids is 1. The summed E-state index contributed by atoms with van der Waals surface area (Å²) in [6.07, 6.45) is 0.104. The molecule has 1 N–H and O–H groups in total. The van der Waals surface area contributed by atoms with Crippen LogP contribution in [0, 0.1) is 10.1 Å². The third-order valence-electron chi connectivity index (χ3n) is 3.10. The van der Waals surface area contributed by atoms with Gasteiger partial charge in [-0.15, -0.1) is 0 Å². The molecule has 0 fully saturated rings. The lowest BCUT2D eigenvalue weighted by Gasteiger charge is -2.04. The number of hydrogen-bond acceptors (Lipinski definition) is 4. The Hall–Kier alpha value is -2.54. The predicted octanol–water partition coefficient (Wildman–Crippen LogP) is 3.44. The molecule has 0 heterocycles. The van der Waals surface area contributed by atoms with Crippen LogP contribution in [0.5, 0.6) is 0 Å². The number of benzene rings is 2. The number of nitrogens with zero attached hydrogens (tertiary/aromatic N) is 2. The predicted molar refractivity (Wildman–Crippen MR) is 91.3 cm³/mol. The fourth-order valence-electron chi connectivity index (χ4n) is 1.88. The van der Waals surface area contributed by atoms with Crippen molar-refractivity contribution in [3.63, 3.8) is 0 Å². The summed E-state index contributed by atoms with van der Waals surface area (Å²) in [5.74, 6) is -0.284. The van der Waals surface area contributed by atoms with Crippen molar-refractivity contribution in [3.05, 3.63) is 74.2 Å². The van der Waals surface area contributed by atoms with Crippen LogP contribution in [0.25, 0.3) is 0 Å².